The Labute approximate surface area is 221 Å². The molecular weight excluding hydrogens is 502 g/mol. The van der Waals surface area contributed by atoms with Crippen LogP contribution in [0, 0.1) is 0 Å². The summed E-state index contributed by atoms with van der Waals surface area (Å²) in [5.41, 5.74) is 13.6. The fourth-order valence-corrected chi connectivity index (χ4v) is 4.47. The molecule has 0 saturated carbocycles. The molecule has 5 aromatic rings. The first-order valence-corrected chi connectivity index (χ1v) is 12.1. The lowest BCUT2D eigenvalue weighted by molar-refractivity contribution is 0.0948. The van der Waals surface area contributed by atoms with Crippen molar-refractivity contribution in [3.8, 4) is 11.5 Å². The number of aryl methyl sites for hydroxylation is 1. The number of carbonyl (C=O) groups excluding carboxylic acids is 1. The van der Waals surface area contributed by atoms with E-state index in [1.54, 1.807) is 11.6 Å². The highest BCUT2D eigenvalue weighted by atomic mass is 16.6. The molecule has 39 heavy (non-hydrogen) atoms. The van der Waals surface area contributed by atoms with Crippen LogP contribution in [0.2, 0.25) is 0 Å². The second kappa shape index (κ2) is 10.1. The summed E-state index contributed by atoms with van der Waals surface area (Å²) >= 11 is 0. The highest BCUT2D eigenvalue weighted by Crippen LogP contribution is 2.29. The van der Waals surface area contributed by atoms with Crippen molar-refractivity contribution in [3.05, 3.63) is 77.4 Å². The van der Waals surface area contributed by atoms with Crippen LogP contribution in [0.4, 0.5) is 11.5 Å². The van der Waals surface area contributed by atoms with Crippen molar-refractivity contribution in [1.82, 2.24) is 50.9 Å². The summed E-state index contributed by atoms with van der Waals surface area (Å²) in [5, 5.41) is 31.2. The van der Waals surface area contributed by atoms with Crippen LogP contribution in [0.15, 0.2) is 64.6 Å². The summed E-state index contributed by atoms with van der Waals surface area (Å²) in [5.74, 6) is -0.337. The van der Waals surface area contributed by atoms with Crippen LogP contribution in [0.3, 0.4) is 0 Å². The predicted molar refractivity (Wildman–Crippen MR) is 138 cm³/mol. The van der Waals surface area contributed by atoms with Crippen LogP contribution in [0.5, 0.6) is 0 Å². The normalized spacial score (nSPS) is 13.4. The molecule has 1 aliphatic rings. The number of nitrogens with two attached hydrogens (primary N) is 1. The average molecular weight is 526 g/mol. The van der Waals surface area contributed by atoms with Gasteiger partial charge in [-0.25, -0.2) is 14.7 Å². The summed E-state index contributed by atoms with van der Waals surface area (Å²) in [4.78, 5) is 15.5. The van der Waals surface area contributed by atoms with E-state index < -0.39 is 5.91 Å². The Morgan fingerprint density at radius 3 is 2.74 bits per heavy atom. The van der Waals surface area contributed by atoms with Gasteiger partial charge in [0.1, 0.15) is 6.33 Å². The summed E-state index contributed by atoms with van der Waals surface area (Å²) in [6.45, 7) is 2.92. The number of benzene rings is 2. The van der Waals surface area contributed by atoms with E-state index in [0.717, 1.165) is 36.3 Å². The van der Waals surface area contributed by atoms with Gasteiger partial charge in [0.25, 0.3) is 5.91 Å². The molecule has 0 radical (unpaired) electrons. The molecule has 15 heteroatoms. The average Bonchev–Trinajstić information content (AvgIpc) is 3.74. The molecule has 0 saturated heterocycles. The van der Waals surface area contributed by atoms with E-state index in [9.17, 15) is 4.79 Å². The van der Waals surface area contributed by atoms with Gasteiger partial charge in [-0.15, -0.1) is 10.2 Å². The summed E-state index contributed by atoms with van der Waals surface area (Å²) in [6.07, 6.45) is 3.47. The molecule has 3 N–H and O–H groups in total. The maximum Gasteiger partial charge on any atom is 0.293 e. The highest BCUT2D eigenvalue weighted by molar-refractivity contribution is 6.00. The molecule has 6 rings (SSSR count). The number of tetrazole rings is 1. The number of fused-ring (bicyclic) bond motifs is 1. The van der Waals surface area contributed by atoms with Gasteiger partial charge in [0.15, 0.2) is 5.69 Å². The van der Waals surface area contributed by atoms with E-state index in [1.165, 1.54) is 16.6 Å². The number of nitrogen functional groups attached to an aromatic ring is 1. The van der Waals surface area contributed by atoms with Crippen molar-refractivity contribution in [2.45, 2.75) is 26.3 Å². The molecule has 0 atom stereocenters. The van der Waals surface area contributed by atoms with Crippen molar-refractivity contribution in [1.29, 1.82) is 0 Å². The van der Waals surface area contributed by atoms with Crippen LogP contribution in [-0.4, -0.2) is 63.7 Å². The zero-order valence-corrected chi connectivity index (χ0v) is 20.8. The third-order valence-corrected chi connectivity index (χ3v) is 6.45. The molecule has 0 bridgehead atoms. The van der Waals surface area contributed by atoms with Crippen LogP contribution in [-0.2, 0) is 13.0 Å². The minimum atomic E-state index is -0.527. The molecule has 0 unspecified atom stereocenters. The molecule has 0 fully saturated rings. The number of anilines is 2. The maximum atomic E-state index is 13.3. The van der Waals surface area contributed by atoms with Gasteiger partial charge in [-0.1, -0.05) is 35.5 Å². The second-order valence-corrected chi connectivity index (χ2v) is 8.86. The predicted octanol–water partition coefficient (Wildman–Crippen LogP) is 1.31. The van der Waals surface area contributed by atoms with E-state index in [2.05, 4.69) is 63.7 Å². The molecular formula is C24H23N13O2. The van der Waals surface area contributed by atoms with Crippen LogP contribution >= 0.6 is 0 Å². The molecule has 0 aliphatic carbocycles. The number of hydrazone groups is 1. The van der Waals surface area contributed by atoms with Gasteiger partial charge in [0.2, 0.25) is 11.6 Å². The van der Waals surface area contributed by atoms with Gasteiger partial charge in [0.05, 0.1) is 23.6 Å². The van der Waals surface area contributed by atoms with Gasteiger partial charge < -0.3 is 10.6 Å². The Balaban J connectivity index is 1.27. The third kappa shape index (κ3) is 4.68. The third-order valence-electron chi connectivity index (χ3n) is 6.45. The number of rotatable bonds is 7. The van der Waals surface area contributed by atoms with Crippen LogP contribution in [0.1, 0.15) is 40.7 Å². The number of hydrogen-bond acceptors (Lipinski definition) is 12. The van der Waals surface area contributed by atoms with E-state index in [1.807, 2.05) is 36.4 Å². The Morgan fingerprint density at radius 2 is 1.97 bits per heavy atom. The van der Waals surface area contributed by atoms with E-state index >= 15 is 0 Å². The van der Waals surface area contributed by atoms with Crippen molar-refractivity contribution in [2.75, 3.05) is 17.2 Å². The minimum Gasteiger partial charge on any atom is -0.378 e. The van der Waals surface area contributed by atoms with Gasteiger partial charge in [-0.3, -0.25) is 4.79 Å². The van der Waals surface area contributed by atoms with Gasteiger partial charge in [0, 0.05) is 12.2 Å². The standard InChI is InChI=1S/C24H23N13O2/c1-15(16-8-10-18(11-9-16)36-14-26-32-34-36)27-29-24(38)21-20(37(33-28-21)23-22(25)30-39-31-23)13-35-12-4-6-17-5-2-3-7-19(17)35/h2-3,5,7-11,14H,4,6,12-13H2,1H3,(H2,25,30)(H,29,38)/b27-15-. The lowest BCUT2D eigenvalue weighted by Gasteiger charge is -2.31. The molecule has 2 aromatic carbocycles. The largest absolute Gasteiger partial charge is 0.378 e. The molecule has 4 heterocycles. The van der Waals surface area contributed by atoms with Crippen molar-refractivity contribution in [2.24, 2.45) is 5.10 Å². The molecule has 3 aromatic heterocycles. The number of aromatic nitrogens is 9. The number of para-hydroxylation sites is 1. The maximum absolute atomic E-state index is 13.3. The second-order valence-electron chi connectivity index (χ2n) is 8.86. The number of amides is 1. The minimum absolute atomic E-state index is 0.0335. The van der Waals surface area contributed by atoms with Gasteiger partial charge in [-0.2, -0.15) is 9.78 Å². The van der Waals surface area contributed by atoms with Crippen molar-refractivity contribution >= 4 is 23.1 Å². The van der Waals surface area contributed by atoms with Crippen LogP contribution < -0.4 is 16.1 Å². The smallest absolute Gasteiger partial charge is 0.293 e. The lowest BCUT2D eigenvalue weighted by atomic mass is 10.0. The summed E-state index contributed by atoms with van der Waals surface area (Å²) < 4.78 is 7.69. The van der Waals surface area contributed by atoms with Gasteiger partial charge in [-0.05, 0) is 69.8 Å². The first kappa shape index (κ1) is 23.9. The molecule has 1 aliphatic heterocycles. The fraction of sp³-hybridized carbons (Fsp3) is 0.208. The number of nitrogens with zero attached hydrogens (tertiary/aromatic N) is 11. The number of hydrogen-bond donors (Lipinski definition) is 2. The number of nitrogens with one attached hydrogen (secondary N) is 1. The zero-order valence-electron chi connectivity index (χ0n) is 20.8. The monoisotopic (exact) mass is 525 g/mol. The Morgan fingerprint density at radius 1 is 1.13 bits per heavy atom. The van der Waals surface area contributed by atoms with Gasteiger partial charge >= 0.3 is 0 Å². The molecule has 15 nitrogen and oxygen atoms in total. The quantitative estimate of drug-likeness (QED) is 0.231. The lowest BCUT2D eigenvalue weighted by Crippen LogP contribution is -2.31. The molecule has 1 amide bonds. The van der Waals surface area contributed by atoms with Crippen molar-refractivity contribution in [3.63, 3.8) is 0 Å². The Kier molecular flexibility index (Phi) is 6.20. The Bertz CT molecular complexity index is 1640. The zero-order chi connectivity index (χ0) is 26.8. The topological polar surface area (TPSA) is 184 Å². The Hall–Kier alpha value is -5.47. The highest BCUT2D eigenvalue weighted by Gasteiger charge is 2.27. The van der Waals surface area contributed by atoms with E-state index in [4.69, 9.17) is 10.4 Å². The van der Waals surface area contributed by atoms with E-state index in [0.29, 0.717) is 18.0 Å². The molecule has 0 spiro atoms. The van der Waals surface area contributed by atoms with E-state index in [-0.39, 0.29) is 17.3 Å². The van der Waals surface area contributed by atoms with Crippen LogP contribution in [0.25, 0.3) is 11.5 Å². The van der Waals surface area contributed by atoms with Crippen molar-refractivity contribution < 1.29 is 9.42 Å². The summed E-state index contributed by atoms with van der Waals surface area (Å²) in [7, 11) is 0. The fourth-order valence-electron chi connectivity index (χ4n) is 4.47. The molecule has 196 valence electrons. The SMILES string of the molecule is C/C(=N/NC(=O)c1nnn(-c2nonc2N)c1CN1CCCc2ccccc21)c1ccc(-n2cnnn2)cc1. The first-order chi connectivity index (χ1) is 19.1. The number of carbonyl (C=O) groups is 1. The first-order valence-electron chi connectivity index (χ1n) is 12.1. The summed E-state index contributed by atoms with van der Waals surface area (Å²) in [6, 6.07) is 15.6.